The molecule has 1 amide bonds. The first kappa shape index (κ1) is 15.6. The van der Waals surface area contributed by atoms with Crippen molar-refractivity contribution in [1.82, 2.24) is 25.5 Å². The molecule has 0 aliphatic rings. The minimum atomic E-state index is -0.0947. The van der Waals surface area contributed by atoms with Gasteiger partial charge in [0.25, 0.3) is 0 Å². The summed E-state index contributed by atoms with van der Waals surface area (Å²) < 4.78 is 6.98. The van der Waals surface area contributed by atoms with Crippen molar-refractivity contribution in [3.63, 3.8) is 0 Å². The van der Waals surface area contributed by atoms with Crippen molar-refractivity contribution in [2.75, 3.05) is 18.9 Å². The van der Waals surface area contributed by atoms with Crippen molar-refractivity contribution < 1.29 is 9.53 Å². The predicted molar refractivity (Wildman–Crippen MR) is 79.5 cm³/mol. The SMILES string of the molecule is Cn1nnnc1SCC(=O)NCCOc1ccc(Cl)cc1. The average Bonchev–Trinajstić information content (AvgIpc) is 2.89. The number of halogens is 1. The topological polar surface area (TPSA) is 81.9 Å². The van der Waals surface area contributed by atoms with Gasteiger partial charge in [-0.25, -0.2) is 4.68 Å². The number of thioether (sulfide) groups is 1. The summed E-state index contributed by atoms with van der Waals surface area (Å²) in [6, 6.07) is 7.06. The first-order chi connectivity index (χ1) is 10.1. The Kier molecular flexibility index (Phi) is 5.82. The van der Waals surface area contributed by atoms with Crippen LogP contribution in [-0.4, -0.2) is 45.0 Å². The fourth-order valence-electron chi connectivity index (χ4n) is 1.41. The van der Waals surface area contributed by atoms with E-state index in [9.17, 15) is 4.79 Å². The van der Waals surface area contributed by atoms with Crippen LogP contribution < -0.4 is 10.1 Å². The number of carbonyl (C=O) groups excluding carboxylic acids is 1. The van der Waals surface area contributed by atoms with E-state index in [-0.39, 0.29) is 11.7 Å². The van der Waals surface area contributed by atoms with E-state index in [0.717, 1.165) is 0 Å². The molecule has 0 saturated carbocycles. The maximum Gasteiger partial charge on any atom is 0.230 e. The second-order valence-electron chi connectivity index (χ2n) is 4.03. The lowest BCUT2D eigenvalue weighted by atomic mass is 10.3. The number of tetrazole rings is 1. The van der Waals surface area contributed by atoms with Crippen LogP contribution >= 0.6 is 23.4 Å². The lowest BCUT2D eigenvalue weighted by Gasteiger charge is -2.07. The highest BCUT2D eigenvalue weighted by Gasteiger charge is 2.07. The van der Waals surface area contributed by atoms with Gasteiger partial charge in [-0.3, -0.25) is 4.79 Å². The highest BCUT2D eigenvalue weighted by molar-refractivity contribution is 7.99. The average molecular weight is 328 g/mol. The fourth-order valence-corrected chi connectivity index (χ4v) is 2.22. The summed E-state index contributed by atoms with van der Waals surface area (Å²) in [6.45, 7) is 0.822. The molecule has 0 spiro atoms. The molecular weight excluding hydrogens is 314 g/mol. The quantitative estimate of drug-likeness (QED) is 0.607. The number of carbonyl (C=O) groups is 1. The standard InChI is InChI=1S/C12H14ClN5O2S/c1-18-12(15-16-17-18)21-8-11(19)14-6-7-20-10-4-2-9(13)3-5-10/h2-5H,6-8H2,1H3,(H,14,19). The van der Waals surface area contributed by atoms with Crippen LogP contribution in [0.3, 0.4) is 0 Å². The van der Waals surface area contributed by atoms with Crippen molar-refractivity contribution >= 4 is 29.3 Å². The zero-order valence-corrected chi connectivity index (χ0v) is 12.9. The third-order valence-corrected chi connectivity index (χ3v) is 3.68. The highest BCUT2D eigenvalue weighted by atomic mass is 35.5. The van der Waals surface area contributed by atoms with Crippen LogP contribution in [0, 0.1) is 0 Å². The Morgan fingerprint density at radius 2 is 2.19 bits per heavy atom. The Hall–Kier alpha value is -1.80. The van der Waals surface area contributed by atoms with Gasteiger partial charge in [0, 0.05) is 12.1 Å². The first-order valence-corrected chi connectivity index (χ1v) is 7.52. The Morgan fingerprint density at radius 1 is 1.43 bits per heavy atom. The summed E-state index contributed by atoms with van der Waals surface area (Å²) in [4.78, 5) is 11.6. The van der Waals surface area contributed by atoms with E-state index in [2.05, 4.69) is 20.8 Å². The summed E-state index contributed by atoms with van der Waals surface area (Å²) in [6.07, 6.45) is 0. The molecule has 0 saturated heterocycles. The Bertz CT molecular complexity index is 590. The normalized spacial score (nSPS) is 10.4. The number of aryl methyl sites for hydroxylation is 1. The number of rotatable bonds is 7. The molecular formula is C12H14ClN5O2S. The van der Waals surface area contributed by atoms with Crippen molar-refractivity contribution in [3.8, 4) is 5.75 Å². The van der Waals surface area contributed by atoms with Gasteiger partial charge in [0.2, 0.25) is 11.1 Å². The molecule has 2 aromatic rings. The Balaban J connectivity index is 1.61. The second kappa shape index (κ2) is 7.84. The zero-order valence-electron chi connectivity index (χ0n) is 11.3. The minimum Gasteiger partial charge on any atom is -0.492 e. The van der Waals surface area contributed by atoms with Crippen molar-refractivity contribution in [1.29, 1.82) is 0 Å². The van der Waals surface area contributed by atoms with Crippen LogP contribution in [0.1, 0.15) is 0 Å². The molecule has 7 nitrogen and oxygen atoms in total. The van der Waals surface area contributed by atoms with Gasteiger partial charge in [0.1, 0.15) is 12.4 Å². The number of nitrogens with zero attached hydrogens (tertiary/aromatic N) is 4. The van der Waals surface area contributed by atoms with Gasteiger partial charge in [0.05, 0.1) is 12.3 Å². The van der Waals surface area contributed by atoms with Crippen molar-refractivity contribution in [2.24, 2.45) is 7.05 Å². The maximum atomic E-state index is 11.6. The second-order valence-corrected chi connectivity index (χ2v) is 5.41. The van der Waals surface area contributed by atoms with Gasteiger partial charge in [0.15, 0.2) is 0 Å². The van der Waals surface area contributed by atoms with Gasteiger partial charge in [-0.15, -0.1) is 5.10 Å². The number of amides is 1. The molecule has 21 heavy (non-hydrogen) atoms. The zero-order chi connectivity index (χ0) is 15.1. The molecule has 112 valence electrons. The van der Waals surface area contributed by atoms with E-state index in [1.165, 1.54) is 16.4 Å². The molecule has 0 aliphatic heterocycles. The lowest BCUT2D eigenvalue weighted by molar-refractivity contribution is -0.118. The van der Waals surface area contributed by atoms with Gasteiger partial charge in [-0.05, 0) is 34.7 Å². The van der Waals surface area contributed by atoms with Crippen LogP contribution in [0.2, 0.25) is 5.02 Å². The number of benzene rings is 1. The van der Waals surface area contributed by atoms with Gasteiger partial charge >= 0.3 is 0 Å². The first-order valence-electron chi connectivity index (χ1n) is 6.15. The molecule has 0 unspecified atom stereocenters. The summed E-state index contributed by atoms with van der Waals surface area (Å²) in [5.41, 5.74) is 0. The van der Waals surface area contributed by atoms with Gasteiger partial charge in [-0.1, -0.05) is 23.4 Å². The van der Waals surface area contributed by atoms with Crippen molar-refractivity contribution in [2.45, 2.75) is 5.16 Å². The van der Waals surface area contributed by atoms with Crippen molar-refractivity contribution in [3.05, 3.63) is 29.3 Å². The molecule has 0 atom stereocenters. The number of ether oxygens (including phenoxy) is 1. The van der Waals surface area contributed by atoms with E-state index in [4.69, 9.17) is 16.3 Å². The van der Waals surface area contributed by atoms with E-state index < -0.39 is 0 Å². The van der Waals surface area contributed by atoms with E-state index >= 15 is 0 Å². The molecule has 1 N–H and O–H groups in total. The molecule has 0 fully saturated rings. The largest absolute Gasteiger partial charge is 0.492 e. The fraction of sp³-hybridized carbons (Fsp3) is 0.333. The minimum absolute atomic E-state index is 0.0947. The van der Waals surface area contributed by atoms with Gasteiger partial charge < -0.3 is 10.1 Å². The smallest absolute Gasteiger partial charge is 0.230 e. The molecule has 9 heteroatoms. The Morgan fingerprint density at radius 3 is 2.86 bits per heavy atom. The number of hydrogen-bond donors (Lipinski definition) is 1. The predicted octanol–water partition coefficient (Wildman–Crippen LogP) is 1.15. The number of nitrogens with one attached hydrogen (secondary N) is 1. The molecule has 0 bridgehead atoms. The van der Waals surface area contributed by atoms with Crippen LogP contribution in [0.5, 0.6) is 5.75 Å². The van der Waals surface area contributed by atoms with Crippen LogP contribution in [0.25, 0.3) is 0 Å². The summed E-state index contributed by atoms with van der Waals surface area (Å²) in [7, 11) is 1.72. The monoisotopic (exact) mass is 327 g/mol. The molecule has 0 aliphatic carbocycles. The van der Waals surface area contributed by atoms with E-state index in [1.807, 2.05) is 0 Å². The van der Waals surface area contributed by atoms with Crippen LogP contribution in [0.15, 0.2) is 29.4 Å². The van der Waals surface area contributed by atoms with E-state index in [1.54, 1.807) is 31.3 Å². The molecule has 2 rings (SSSR count). The summed E-state index contributed by atoms with van der Waals surface area (Å²) >= 11 is 7.05. The number of aromatic nitrogens is 4. The molecule has 1 aromatic heterocycles. The molecule has 1 heterocycles. The summed E-state index contributed by atoms with van der Waals surface area (Å²) in [5.74, 6) is 0.880. The summed E-state index contributed by atoms with van der Waals surface area (Å²) in [5, 5.41) is 15.0. The van der Waals surface area contributed by atoms with Gasteiger partial charge in [-0.2, -0.15) is 0 Å². The van der Waals surface area contributed by atoms with Crippen LogP contribution in [-0.2, 0) is 11.8 Å². The lowest BCUT2D eigenvalue weighted by Crippen LogP contribution is -2.29. The molecule has 1 aromatic carbocycles. The third-order valence-electron chi connectivity index (χ3n) is 2.42. The third kappa shape index (κ3) is 5.24. The van der Waals surface area contributed by atoms with Crippen LogP contribution in [0.4, 0.5) is 0 Å². The Labute approximate surface area is 131 Å². The number of hydrogen-bond acceptors (Lipinski definition) is 6. The maximum absolute atomic E-state index is 11.6. The highest BCUT2D eigenvalue weighted by Crippen LogP contribution is 2.15. The molecule has 0 radical (unpaired) electrons. The van der Waals surface area contributed by atoms with E-state index in [0.29, 0.717) is 29.1 Å².